The fourth-order valence-corrected chi connectivity index (χ4v) is 3.48. The van der Waals surface area contributed by atoms with Crippen LogP contribution in [0.15, 0.2) is 89.7 Å². The van der Waals surface area contributed by atoms with Crippen molar-refractivity contribution in [3.05, 3.63) is 95.7 Å². The predicted molar refractivity (Wildman–Crippen MR) is 116 cm³/mol. The minimum atomic E-state index is 0.955. The molecule has 4 rings (SSSR count). The van der Waals surface area contributed by atoms with Crippen LogP contribution in [0.1, 0.15) is 17.5 Å². The van der Waals surface area contributed by atoms with Crippen LogP contribution in [0.3, 0.4) is 0 Å². The maximum atomic E-state index is 4.49. The van der Waals surface area contributed by atoms with E-state index in [2.05, 4.69) is 108 Å². The molecule has 0 radical (unpaired) electrons. The van der Waals surface area contributed by atoms with Gasteiger partial charge in [0.2, 0.25) is 0 Å². The van der Waals surface area contributed by atoms with E-state index in [4.69, 9.17) is 0 Å². The Morgan fingerprint density at radius 2 is 1.70 bits per heavy atom. The first kappa shape index (κ1) is 17.1. The van der Waals surface area contributed by atoms with E-state index < -0.39 is 0 Å². The van der Waals surface area contributed by atoms with E-state index in [0.717, 1.165) is 17.7 Å². The Bertz CT molecular complexity index is 1060. The molecule has 3 heteroatoms. The van der Waals surface area contributed by atoms with Crippen LogP contribution in [0.2, 0.25) is 0 Å². The minimum absolute atomic E-state index is 0.955. The Morgan fingerprint density at radius 3 is 2.56 bits per heavy atom. The van der Waals surface area contributed by atoms with Gasteiger partial charge in [0.1, 0.15) is 0 Å². The second-order valence-electron chi connectivity index (χ2n) is 6.88. The zero-order valence-corrected chi connectivity index (χ0v) is 15.7. The van der Waals surface area contributed by atoms with E-state index in [1.807, 2.05) is 6.21 Å². The monoisotopic (exact) mass is 353 g/mol. The third kappa shape index (κ3) is 3.63. The molecule has 0 atom stereocenters. The summed E-state index contributed by atoms with van der Waals surface area (Å²) < 4.78 is 0. The Hall–Kier alpha value is -3.33. The van der Waals surface area contributed by atoms with E-state index in [9.17, 15) is 0 Å². The molecule has 3 aromatic rings. The summed E-state index contributed by atoms with van der Waals surface area (Å²) >= 11 is 0. The topological polar surface area (TPSA) is 27.6 Å². The Balaban J connectivity index is 1.58. The van der Waals surface area contributed by atoms with Crippen molar-refractivity contribution in [2.24, 2.45) is 5.10 Å². The average molecular weight is 353 g/mol. The van der Waals surface area contributed by atoms with Gasteiger partial charge in [0.15, 0.2) is 0 Å². The summed E-state index contributed by atoms with van der Waals surface area (Å²) in [5.41, 5.74) is 9.10. The van der Waals surface area contributed by atoms with Crippen LogP contribution in [0.25, 0.3) is 16.3 Å². The molecule has 1 aliphatic rings. The third-order valence-corrected chi connectivity index (χ3v) is 4.82. The smallest absolute Gasteiger partial charge is 0.0568 e. The molecule has 0 saturated carbocycles. The maximum absolute atomic E-state index is 4.49. The van der Waals surface area contributed by atoms with Crippen molar-refractivity contribution in [3.63, 3.8) is 0 Å². The van der Waals surface area contributed by atoms with Crippen molar-refractivity contribution in [3.8, 4) is 0 Å². The lowest BCUT2D eigenvalue weighted by atomic mass is 9.98. The molecule has 0 unspecified atom stereocenters. The van der Waals surface area contributed by atoms with Crippen LogP contribution in [0.4, 0.5) is 5.69 Å². The van der Waals surface area contributed by atoms with Gasteiger partial charge in [0.05, 0.1) is 11.9 Å². The molecule has 0 spiro atoms. The van der Waals surface area contributed by atoms with E-state index in [1.54, 1.807) is 0 Å². The van der Waals surface area contributed by atoms with Gasteiger partial charge < -0.3 is 4.90 Å². The summed E-state index contributed by atoms with van der Waals surface area (Å²) in [5.74, 6) is 0. The lowest BCUT2D eigenvalue weighted by Crippen LogP contribution is -2.10. The SMILES string of the molecule is CN(C)C1=C(c2ccccc2/C=N/Nc2ccc3ccccc3c2)CC=C1. The molecule has 0 bridgehead atoms. The summed E-state index contributed by atoms with van der Waals surface area (Å²) in [4.78, 5) is 2.17. The van der Waals surface area contributed by atoms with Crippen LogP contribution in [-0.4, -0.2) is 25.2 Å². The van der Waals surface area contributed by atoms with Crippen LogP contribution in [0.5, 0.6) is 0 Å². The lowest BCUT2D eigenvalue weighted by molar-refractivity contribution is 0.533. The van der Waals surface area contributed by atoms with Gasteiger partial charge in [-0.05, 0) is 46.5 Å². The van der Waals surface area contributed by atoms with E-state index >= 15 is 0 Å². The van der Waals surface area contributed by atoms with Gasteiger partial charge in [0, 0.05) is 25.4 Å². The fraction of sp³-hybridized carbons (Fsp3) is 0.125. The molecule has 3 nitrogen and oxygen atoms in total. The minimum Gasteiger partial charge on any atom is -0.377 e. The first-order valence-corrected chi connectivity index (χ1v) is 9.17. The zero-order chi connectivity index (χ0) is 18.6. The molecule has 1 aliphatic carbocycles. The van der Waals surface area contributed by atoms with Crippen LogP contribution < -0.4 is 5.43 Å². The van der Waals surface area contributed by atoms with Crippen LogP contribution in [0, 0.1) is 0 Å². The van der Waals surface area contributed by atoms with Crippen molar-refractivity contribution < 1.29 is 0 Å². The Morgan fingerprint density at radius 1 is 0.926 bits per heavy atom. The molecule has 0 fully saturated rings. The number of hydrogen-bond acceptors (Lipinski definition) is 3. The van der Waals surface area contributed by atoms with E-state index in [-0.39, 0.29) is 0 Å². The molecule has 0 aliphatic heterocycles. The number of allylic oxidation sites excluding steroid dienone is 3. The molecule has 0 saturated heterocycles. The van der Waals surface area contributed by atoms with Gasteiger partial charge in [-0.1, -0.05) is 60.7 Å². The number of anilines is 1. The van der Waals surface area contributed by atoms with Gasteiger partial charge in [-0.25, -0.2) is 0 Å². The van der Waals surface area contributed by atoms with Gasteiger partial charge in [-0.15, -0.1) is 0 Å². The zero-order valence-electron chi connectivity index (χ0n) is 15.7. The summed E-state index contributed by atoms with van der Waals surface area (Å²) in [7, 11) is 4.17. The van der Waals surface area contributed by atoms with Crippen LogP contribution in [-0.2, 0) is 0 Å². The molecular weight excluding hydrogens is 330 g/mol. The van der Waals surface area contributed by atoms with Crippen molar-refractivity contribution >= 4 is 28.2 Å². The summed E-state index contributed by atoms with van der Waals surface area (Å²) in [6.07, 6.45) is 7.27. The highest BCUT2D eigenvalue weighted by Crippen LogP contribution is 2.31. The second kappa shape index (κ2) is 7.50. The van der Waals surface area contributed by atoms with Crippen molar-refractivity contribution in [2.75, 3.05) is 19.5 Å². The predicted octanol–water partition coefficient (Wildman–Crippen LogP) is 5.52. The first-order valence-electron chi connectivity index (χ1n) is 9.17. The van der Waals surface area contributed by atoms with E-state index in [1.165, 1.54) is 27.6 Å². The highest BCUT2D eigenvalue weighted by molar-refractivity contribution is 5.91. The highest BCUT2D eigenvalue weighted by Gasteiger charge is 2.15. The number of fused-ring (bicyclic) bond motifs is 1. The number of hydrogen-bond donors (Lipinski definition) is 1. The van der Waals surface area contributed by atoms with Gasteiger partial charge in [0.25, 0.3) is 0 Å². The number of benzene rings is 3. The maximum Gasteiger partial charge on any atom is 0.0568 e. The molecule has 3 aromatic carbocycles. The molecule has 27 heavy (non-hydrogen) atoms. The third-order valence-electron chi connectivity index (χ3n) is 4.82. The molecule has 0 heterocycles. The fourth-order valence-electron chi connectivity index (χ4n) is 3.48. The van der Waals surface area contributed by atoms with Crippen molar-refractivity contribution in [2.45, 2.75) is 6.42 Å². The van der Waals surface area contributed by atoms with E-state index in [0.29, 0.717) is 0 Å². The van der Waals surface area contributed by atoms with Gasteiger partial charge >= 0.3 is 0 Å². The second-order valence-corrected chi connectivity index (χ2v) is 6.88. The number of nitrogens with zero attached hydrogens (tertiary/aromatic N) is 2. The summed E-state index contributed by atoms with van der Waals surface area (Å²) in [6, 6.07) is 23.0. The van der Waals surface area contributed by atoms with Crippen LogP contribution >= 0.6 is 0 Å². The summed E-state index contributed by atoms with van der Waals surface area (Å²) in [6.45, 7) is 0. The average Bonchev–Trinajstić information content (AvgIpc) is 3.18. The molecule has 1 N–H and O–H groups in total. The first-order chi connectivity index (χ1) is 13.2. The largest absolute Gasteiger partial charge is 0.377 e. The molecule has 134 valence electrons. The Labute approximate surface area is 160 Å². The number of hydrazone groups is 1. The van der Waals surface area contributed by atoms with Crippen molar-refractivity contribution in [1.29, 1.82) is 0 Å². The highest BCUT2D eigenvalue weighted by atomic mass is 15.3. The number of nitrogens with one attached hydrogen (secondary N) is 1. The number of likely N-dealkylation sites (N-methyl/N-ethyl adjacent to an activating group) is 1. The lowest BCUT2D eigenvalue weighted by Gasteiger charge is -2.17. The Kier molecular flexibility index (Phi) is 4.75. The molecule has 0 amide bonds. The normalized spacial score (nSPS) is 13.7. The molecule has 0 aromatic heterocycles. The van der Waals surface area contributed by atoms with Gasteiger partial charge in [-0.2, -0.15) is 5.10 Å². The standard InChI is InChI=1S/C24H23N3/c1-27(2)24-13-7-12-23(24)22-11-6-5-10-20(22)17-25-26-21-15-14-18-8-3-4-9-19(18)16-21/h3-11,13-17,26H,12H2,1-2H3/b25-17+. The quantitative estimate of drug-likeness (QED) is 0.483. The number of rotatable bonds is 5. The van der Waals surface area contributed by atoms with Gasteiger partial charge in [-0.3, -0.25) is 5.43 Å². The van der Waals surface area contributed by atoms with Crippen molar-refractivity contribution in [1.82, 2.24) is 4.90 Å². The summed E-state index contributed by atoms with van der Waals surface area (Å²) in [5, 5.41) is 6.92. The molecular formula is C24H23N3.